The number of nitrogens with two attached hydrogens (primary N) is 1. The molecule has 1 aromatic rings. The average molecular weight is 315 g/mol. The number of para-hydroxylation sites is 2. The minimum absolute atomic E-state index is 0. The second-order valence-corrected chi connectivity index (χ2v) is 4.88. The second-order valence-electron chi connectivity index (χ2n) is 4.88. The van der Waals surface area contributed by atoms with Gasteiger partial charge < -0.3 is 20.5 Å². The van der Waals surface area contributed by atoms with Crippen LogP contribution in [0.2, 0.25) is 0 Å². The number of benzene rings is 1. The van der Waals surface area contributed by atoms with E-state index in [-0.39, 0.29) is 24.4 Å². The van der Waals surface area contributed by atoms with Gasteiger partial charge in [-0.25, -0.2) is 0 Å². The third-order valence-corrected chi connectivity index (χ3v) is 3.23. The van der Waals surface area contributed by atoms with Crippen molar-refractivity contribution in [2.45, 2.75) is 31.8 Å². The van der Waals surface area contributed by atoms with Gasteiger partial charge in [0.2, 0.25) is 5.91 Å². The summed E-state index contributed by atoms with van der Waals surface area (Å²) in [5.41, 5.74) is 6.05. The molecular weight excluding hydrogens is 292 g/mol. The first-order valence-electron chi connectivity index (χ1n) is 7.13. The first kappa shape index (κ1) is 17.8. The molecule has 1 saturated heterocycles. The fraction of sp³-hybridized carbons (Fsp3) is 0.533. The van der Waals surface area contributed by atoms with Gasteiger partial charge in [0.15, 0.2) is 0 Å². The maximum absolute atomic E-state index is 11.6. The van der Waals surface area contributed by atoms with Crippen LogP contribution in [0.25, 0.3) is 0 Å². The van der Waals surface area contributed by atoms with Crippen LogP contribution < -0.4 is 15.8 Å². The molecule has 0 bridgehead atoms. The van der Waals surface area contributed by atoms with Gasteiger partial charge in [0, 0.05) is 19.6 Å². The molecule has 0 saturated carbocycles. The molecule has 0 spiro atoms. The van der Waals surface area contributed by atoms with E-state index in [1.807, 2.05) is 24.3 Å². The maximum Gasteiger partial charge on any atom is 0.225 e. The molecule has 2 rings (SSSR count). The highest BCUT2D eigenvalue weighted by Crippen LogP contribution is 2.25. The first-order valence-corrected chi connectivity index (χ1v) is 7.13. The molecule has 1 heterocycles. The van der Waals surface area contributed by atoms with Crippen LogP contribution in [0.15, 0.2) is 24.3 Å². The molecule has 6 heteroatoms. The fourth-order valence-corrected chi connectivity index (χ4v) is 2.16. The fourth-order valence-electron chi connectivity index (χ4n) is 2.16. The molecule has 1 unspecified atom stereocenters. The van der Waals surface area contributed by atoms with E-state index in [4.69, 9.17) is 15.2 Å². The Morgan fingerprint density at radius 2 is 2.19 bits per heavy atom. The van der Waals surface area contributed by atoms with Crippen LogP contribution in [0.5, 0.6) is 5.75 Å². The number of hydrogen-bond donors (Lipinski definition) is 2. The van der Waals surface area contributed by atoms with E-state index >= 15 is 0 Å². The van der Waals surface area contributed by atoms with Crippen molar-refractivity contribution in [1.82, 2.24) is 0 Å². The highest BCUT2D eigenvalue weighted by molar-refractivity contribution is 5.92. The van der Waals surface area contributed by atoms with Gasteiger partial charge >= 0.3 is 0 Å². The van der Waals surface area contributed by atoms with E-state index in [0.717, 1.165) is 19.4 Å². The van der Waals surface area contributed by atoms with Crippen molar-refractivity contribution < 1.29 is 14.3 Å². The van der Waals surface area contributed by atoms with Crippen molar-refractivity contribution >= 4 is 24.0 Å². The molecule has 1 aromatic carbocycles. The van der Waals surface area contributed by atoms with Gasteiger partial charge in [-0.3, -0.25) is 4.79 Å². The Kier molecular flexibility index (Phi) is 8.12. The Hall–Kier alpha value is -1.30. The molecular formula is C15H23ClN2O3. The molecule has 118 valence electrons. The summed E-state index contributed by atoms with van der Waals surface area (Å²) in [7, 11) is 0. The van der Waals surface area contributed by atoms with E-state index in [1.54, 1.807) is 0 Å². The van der Waals surface area contributed by atoms with Gasteiger partial charge in [-0.15, -0.1) is 12.4 Å². The third kappa shape index (κ3) is 5.91. The van der Waals surface area contributed by atoms with E-state index in [1.165, 1.54) is 6.42 Å². The summed E-state index contributed by atoms with van der Waals surface area (Å²) in [6, 6.07) is 7.42. The lowest BCUT2D eigenvalue weighted by Crippen LogP contribution is -2.26. The number of rotatable bonds is 6. The van der Waals surface area contributed by atoms with E-state index in [9.17, 15) is 4.79 Å². The van der Waals surface area contributed by atoms with Crippen LogP contribution in [-0.4, -0.2) is 31.8 Å². The molecule has 0 aromatic heterocycles. The number of amides is 1. The second kappa shape index (κ2) is 9.60. The minimum atomic E-state index is -0.0996. The van der Waals surface area contributed by atoms with Gasteiger partial charge in [-0.05, 0) is 31.4 Å². The summed E-state index contributed by atoms with van der Waals surface area (Å²) in [6.07, 6.45) is 3.80. The molecule has 0 aliphatic carbocycles. The molecule has 1 fully saturated rings. The van der Waals surface area contributed by atoms with Crippen molar-refractivity contribution in [2.24, 2.45) is 5.73 Å². The van der Waals surface area contributed by atoms with Crippen LogP contribution in [0, 0.1) is 0 Å². The van der Waals surface area contributed by atoms with Crippen molar-refractivity contribution in [1.29, 1.82) is 0 Å². The number of anilines is 1. The SMILES string of the molecule is Cl.NCCC(=O)Nc1ccccc1OCC1CCCCO1. The van der Waals surface area contributed by atoms with E-state index < -0.39 is 0 Å². The molecule has 3 N–H and O–H groups in total. The van der Waals surface area contributed by atoms with Crippen LogP contribution in [0.4, 0.5) is 5.69 Å². The van der Waals surface area contributed by atoms with E-state index in [0.29, 0.717) is 31.0 Å². The molecule has 0 radical (unpaired) electrons. The maximum atomic E-state index is 11.6. The summed E-state index contributed by atoms with van der Waals surface area (Å²) < 4.78 is 11.4. The first-order chi connectivity index (χ1) is 9.79. The van der Waals surface area contributed by atoms with Crippen molar-refractivity contribution in [3.05, 3.63) is 24.3 Å². The monoisotopic (exact) mass is 314 g/mol. The number of halogens is 1. The van der Waals surface area contributed by atoms with Gasteiger partial charge in [0.25, 0.3) is 0 Å². The lowest BCUT2D eigenvalue weighted by molar-refractivity contribution is -0.116. The van der Waals surface area contributed by atoms with Gasteiger partial charge in [0.05, 0.1) is 11.8 Å². The predicted octanol–water partition coefficient (Wildman–Crippen LogP) is 2.34. The summed E-state index contributed by atoms with van der Waals surface area (Å²) in [5, 5.41) is 2.81. The molecule has 1 aliphatic rings. The molecule has 5 nitrogen and oxygen atoms in total. The van der Waals surface area contributed by atoms with Crippen LogP contribution in [-0.2, 0) is 9.53 Å². The van der Waals surface area contributed by atoms with Gasteiger partial charge in [-0.2, -0.15) is 0 Å². The molecule has 1 atom stereocenters. The smallest absolute Gasteiger partial charge is 0.225 e. The zero-order chi connectivity index (χ0) is 14.2. The lowest BCUT2D eigenvalue weighted by Gasteiger charge is -2.23. The van der Waals surface area contributed by atoms with Crippen LogP contribution >= 0.6 is 12.4 Å². The Bertz CT molecular complexity index is 437. The summed E-state index contributed by atoms with van der Waals surface area (Å²) in [6.45, 7) is 1.66. The Morgan fingerprint density at radius 3 is 2.90 bits per heavy atom. The number of carbonyl (C=O) groups excluding carboxylic acids is 1. The summed E-state index contributed by atoms with van der Waals surface area (Å²) >= 11 is 0. The largest absolute Gasteiger partial charge is 0.489 e. The Balaban J connectivity index is 0.00000220. The standard InChI is InChI=1S/C15H22N2O3.ClH/c16-9-8-15(18)17-13-6-1-2-7-14(13)20-11-12-5-3-4-10-19-12;/h1-2,6-7,12H,3-5,8-11,16H2,(H,17,18);1H. The molecule has 1 aliphatic heterocycles. The zero-order valence-electron chi connectivity index (χ0n) is 12.0. The van der Waals surface area contributed by atoms with Gasteiger partial charge in [0.1, 0.15) is 12.4 Å². The van der Waals surface area contributed by atoms with Crippen molar-refractivity contribution in [3.63, 3.8) is 0 Å². The van der Waals surface area contributed by atoms with Crippen LogP contribution in [0.3, 0.4) is 0 Å². The quantitative estimate of drug-likeness (QED) is 0.845. The molecule has 1 amide bonds. The normalized spacial score (nSPS) is 17.7. The lowest BCUT2D eigenvalue weighted by atomic mass is 10.1. The minimum Gasteiger partial charge on any atom is -0.489 e. The highest BCUT2D eigenvalue weighted by atomic mass is 35.5. The van der Waals surface area contributed by atoms with Crippen molar-refractivity contribution in [2.75, 3.05) is 25.1 Å². The number of hydrogen-bond acceptors (Lipinski definition) is 4. The summed E-state index contributed by atoms with van der Waals surface area (Å²) in [5.74, 6) is 0.574. The topological polar surface area (TPSA) is 73.6 Å². The average Bonchev–Trinajstić information content (AvgIpc) is 2.48. The third-order valence-electron chi connectivity index (χ3n) is 3.23. The van der Waals surface area contributed by atoms with Crippen molar-refractivity contribution in [3.8, 4) is 5.75 Å². The Labute approximate surface area is 131 Å². The number of ether oxygens (including phenoxy) is 2. The molecule has 21 heavy (non-hydrogen) atoms. The highest BCUT2D eigenvalue weighted by Gasteiger charge is 2.15. The number of carbonyl (C=O) groups is 1. The van der Waals surface area contributed by atoms with Gasteiger partial charge in [-0.1, -0.05) is 12.1 Å². The Morgan fingerprint density at radius 1 is 1.38 bits per heavy atom. The predicted molar refractivity (Wildman–Crippen MR) is 85.1 cm³/mol. The summed E-state index contributed by atoms with van der Waals surface area (Å²) in [4.78, 5) is 11.6. The number of nitrogens with one attached hydrogen (secondary N) is 1. The van der Waals surface area contributed by atoms with E-state index in [2.05, 4.69) is 5.32 Å². The zero-order valence-corrected chi connectivity index (χ0v) is 12.9. The van der Waals surface area contributed by atoms with Crippen LogP contribution in [0.1, 0.15) is 25.7 Å².